The summed E-state index contributed by atoms with van der Waals surface area (Å²) < 4.78 is 25.5. The summed E-state index contributed by atoms with van der Waals surface area (Å²) in [4.78, 5) is 0. The molecule has 82 valence electrons. The molecular weight excluding hydrogens is 198 g/mol. The van der Waals surface area contributed by atoms with Crippen molar-refractivity contribution in [1.29, 1.82) is 0 Å². The summed E-state index contributed by atoms with van der Waals surface area (Å²) in [7, 11) is -2.90. The van der Waals surface area contributed by atoms with Gasteiger partial charge in [-0.3, -0.25) is 0 Å². The van der Waals surface area contributed by atoms with Crippen LogP contribution in [0.15, 0.2) is 0 Å². The van der Waals surface area contributed by atoms with Crippen molar-refractivity contribution < 1.29 is 8.42 Å². The average Bonchev–Trinajstić information content (AvgIpc) is 2.89. The van der Waals surface area contributed by atoms with E-state index in [-0.39, 0.29) is 0 Å². The van der Waals surface area contributed by atoms with Crippen LogP contribution in [0.25, 0.3) is 0 Å². The quantitative estimate of drug-likeness (QED) is 0.673. The van der Waals surface area contributed by atoms with Crippen molar-refractivity contribution >= 4 is 10.0 Å². The Morgan fingerprint density at radius 2 is 1.79 bits per heavy atom. The Labute approximate surface area is 86.5 Å². The molecule has 3 nitrogen and oxygen atoms in total. The zero-order valence-electron chi connectivity index (χ0n) is 8.78. The lowest BCUT2D eigenvalue weighted by atomic mass is 10.0. The fourth-order valence-electron chi connectivity index (χ4n) is 2.50. The maximum atomic E-state index is 11.8. The number of sulfonamides is 1. The van der Waals surface area contributed by atoms with Crippen molar-refractivity contribution in [3.05, 3.63) is 0 Å². The molecule has 4 heteroatoms. The molecule has 1 saturated carbocycles. The Bertz CT molecular complexity index is 287. The molecule has 1 aliphatic carbocycles. The largest absolute Gasteiger partial charge is 0.214 e. The molecule has 0 radical (unpaired) electrons. The molecule has 0 spiro atoms. The smallest absolute Gasteiger partial charge is 0.212 e. The molecule has 0 bridgehead atoms. The highest BCUT2D eigenvalue weighted by atomic mass is 32.2. The number of hydrogen-bond donors (Lipinski definition) is 0. The van der Waals surface area contributed by atoms with Gasteiger partial charge in [0.1, 0.15) is 0 Å². The van der Waals surface area contributed by atoms with E-state index in [9.17, 15) is 8.42 Å². The van der Waals surface area contributed by atoms with E-state index in [1.54, 1.807) is 4.31 Å². The summed E-state index contributed by atoms with van der Waals surface area (Å²) >= 11 is 0. The predicted octanol–water partition coefficient (Wildman–Crippen LogP) is 1.74. The highest BCUT2D eigenvalue weighted by Crippen LogP contribution is 2.42. The van der Waals surface area contributed by atoms with Crippen LogP contribution in [-0.2, 0) is 10.0 Å². The fraction of sp³-hybridized carbons (Fsp3) is 1.00. The molecule has 2 atom stereocenters. The maximum Gasteiger partial charge on any atom is 0.214 e. The van der Waals surface area contributed by atoms with E-state index >= 15 is 0 Å². The molecule has 0 unspecified atom stereocenters. The van der Waals surface area contributed by atoms with Gasteiger partial charge < -0.3 is 0 Å². The Morgan fingerprint density at radius 3 is 2.29 bits per heavy atom. The summed E-state index contributed by atoms with van der Waals surface area (Å²) in [6.45, 7) is 2.03. The Morgan fingerprint density at radius 1 is 1.21 bits per heavy atom. The molecule has 1 saturated heterocycles. The van der Waals surface area contributed by atoms with Gasteiger partial charge in [-0.05, 0) is 19.3 Å². The van der Waals surface area contributed by atoms with E-state index < -0.39 is 10.0 Å². The first-order chi connectivity index (χ1) is 6.67. The molecule has 2 rings (SSSR count). The highest BCUT2D eigenvalue weighted by Gasteiger charge is 2.54. The lowest BCUT2D eigenvalue weighted by Crippen LogP contribution is -2.18. The Kier molecular flexibility index (Phi) is 2.84. The molecule has 0 aromatic carbocycles. The molecule has 0 amide bonds. The van der Waals surface area contributed by atoms with Gasteiger partial charge in [-0.2, -0.15) is 4.31 Å². The minimum Gasteiger partial charge on any atom is -0.212 e. The van der Waals surface area contributed by atoms with Gasteiger partial charge in [0, 0.05) is 12.1 Å². The third-order valence-corrected chi connectivity index (χ3v) is 5.32. The first-order valence-corrected chi connectivity index (χ1v) is 7.29. The van der Waals surface area contributed by atoms with Crippen LogP contribution in [0.2, 0.25) is 0 Å². The van der Waals surface area contributed by atoms with E-state index in [1.165, 1.54) is 12.8 Å². The SMILES string of the molecule is CCCCS(=O)(=O)N1[C@H]2CCCC[C@@H]21. The van der Waals surface area contributed by atoms with Crippen molar-refractivity contribution in [2.45, 2.75) is 57.5 Å². The number of nitrogens with zero attached hydrogens (tertiary/aromatic N) is 1. The first kappa shape index (κ1) is 10.4. The van der Waals surface area contributed by atoms with Gasteiger partial charge in [0.25, 0.3) is 0 Å². The predicted molar refractivity (Wildman–Crippen MR) is 56.6 cm³/mol. The third kappa shape index (κ3) is 1.82. The summed E-state index contributed by atoms with van der Waals surface area (Å²) in [5, 5.41) is 0. The van der Waals surface area contributed by atoms with Gasteiger partial charge in [-0.25, -0.2) is 8.42 Å². The standard InChI is InChI=1S/C10H19NO2S/c1-2-3-8-14(12,13)11-9-6-4-5-7-10(9)11/h9-10H,2-8H2,1H3/t9-,10-/m0/s1. The normalized spacial score (nSPS) is 36.5. The van der Waals surface area contributed by atoms with Crippen molar-refractivity contribution in [1.82, 2.24) is 4.31 Å². The van der Waals surface area contributed by atoms with E-state index in [4.69, 9.17) is 0 Å². The average molecular weight is 217 g/mol. The van der Waals surface area contributed by atoms with E-state index in [1.807, 2.05) is 6.92 Å². The van der Waals surface area contributed by atoms with Gasteiger partial charge in [0.2, 0.25) is 10.0 Å². The van der Waals surface area contributed by atoms with Crippen LogP contribution >= 0.6 is 0 Å². The summed E-state index contributed by atoms with van der Waals surface area (Å²) in [6.07, 6.45) is 6.37. The molecule has 0 aromatic heterocycles. The molecule has 1 aliphatic heterocycles. The molecule has 14 heavy (non-hydrogen) atoms. The second-order valence-electron chi connectivity index (χ2n) is 4.42. The fourth-order valence-corrected chi connectivity index (χ4v) is 4.63. The van der Waals surface area contributed by atoms with E-state index in [0.29, 0.717) is 17.8 Å². The van der Waals surface area contributed by atoms with Crippen LogP contribution in [-0.4, -0.2) is 30.6 Å². The third-order valence-electron chi connectivity index (χ3n) is 3.33. The molecular formula is C10H19NO2S. The highest BCUT2D eigenvalue weighted by molar-refractivity contribution is 7.89. The van der Waals surface area contributed by atoms with Gasteiger partial charge >= 0.3 is 0 Å². The second-order valence-corrected chi connectivity index (χ2v) is 6.41. The van der Waals surface area contributed by atoms with E-state index in [0.717, 1.165) is 25.7 Å². The van der Waals surface area contributed by atoms with Crippen LogP contribution in [0.3, 0.4) is 0 Å². The summed E-state index contributed by atoms with van der Waals surface area (Å²) in [5.74, 6) is 0.358. The van der Waals surface area contributed by atoms with E-state index in [2.05, 4.69) is 0 Å². The number of fused-ring (bicyclic) bond motifs is 1. The number of rotatable bonds is 4. The van der Waals surface area contributed by atoms with Gasteiger partial charge in [0.05, 0.1) is 5.75 Å². The number of hydrogen-bond acceptors (Lipinski definition) is 2. The Balaban J connectivity index is 1.96. The second kappa shape index (κ2) is 3.81. The van der Waals surface area contributed by atoms with Gasteiger partial charge in [-0.1, -0.05) is 26.2 Å². The molecule has 0 aromatic rings. The minimum atomic E-state index is -2.90. The summed E-state index contributed by atoms with van der Waals surface area (Å²) in [6, 6.07) is 0.760. The summed E-state index contributed by atoms with van der Waals surface area (Å²) in [5.41, 5.74) is 0. The number of unbranched alkanes of at least 4 members (excludes halogenated alkanes) is 1. The first-order valence-electron chi connectivity index (χ1n) is 5.68. The van der Waals surface area contributed by atoms with Crippen LogP contribution in [0.1, 0.15) is 45.4 Å². The van der Waals surface area contributed by atoms with Gasteiger partial charge in [0.15, 0.2) is 0 Å². The lowest BCUT2D eigenvalue weighted by Gasteiger charge is -2.04. The van der Waals surface area contributed by atoms with Crippen molar-refractivity contribution in [2.24, 2.45) is 0 Å². The monoisotopic (exact) mass is 217 g/mol. The van der Waals surface area contributed by atoms with Crippen LogP contribution < -0.4 is 0 Å². The lowest BCUT2D eigenvalue weighted by molar-refractivity contribution is 0.542. The minimum absolute atomic E-state index is 0.358. The molecule has 1 heterocycles. The van der Waals surface area contributed by atoms with Crippen LogP contribution in [0.5, 0.6) is 0 Å². The van der Waals surface area contributed by atoms with Crippen molar-refractivity contribution in [2.75, 3.05) is 5.75 Å². The van der Waals surface area contributed by atoms with Crippen LogP contribution in [0.4, 0.5) is 0 Å². The Hall–Kier alpha value is -0.0900. The van der Waals surface area contributed by atoms with Crippen LogP contribution in [0, 0.1) is 0 Å². The zero-order chi connectivity index (χ0) is 10.2. The van der Waals surface area contributed by atoms with Crippen molar-refractivity contribution in [3.8, 4) is 0 Å². The van der Waals surface area contributed by atoms with Crippen molar-refractivity contribution in [3.63, 3.8) is 0 Å². The maximum absolute atomic E-state index is 11.8. The molecule has 2 aliphatic rings. The van der Waals surface area contributed by atoms with Gasteiger partial charge in [-0.15, -0.1) is 0 Å². The topological polar surface area (TPSA) is 37.1 Å². The molecule has 2 fully saturated rings. The zero-order valence-corrected chi connectivity index (χ0v) is 9.59. The molecule has 0 N–H and O–H groups in total.